The molecule has 4 rings (SSSR count). The molecule has 1 aromatic heterocycles. The zero-order chi connectivity index (χ0) is 19.3. The molecule has 140 valence electrons. The molecule has 5 nitrogen and oxygen atoms in total. The van der Waals surface area contributed by atoms with Gasteiger partial charge in [-0.05, 0) is 35.4 Å². The molecule has 0 unspecified atom stereocenters. The van der Waals surface area contributed by atoms with Crippen LogP contribution in [-0.2, 0) is 6.54 Å². The molecule has 1 N–H and O–H groups in total. The van der Waals surface area contributed by atoms with E-state index in [0.717, 1.165) is 0 Å². The summed E-state index contributed by atoms with van der Waals surface area (Å²) in [7, 11) is 0. The van der Waals surface area contributed by atoms with Crippen molar-refractivity contribution in [1.82, 2.24) is 9.78 Å². The van der Waals surface area contributed by atoms with Crippen LogP contribution in [0.3, 0.4) is 0 Å². The van der Waals surface area contributed by atoms with E-state index in [0.29, 0.717) is 30.3 Å². The number of aromatic nitrogens is 2. The molecular formula is C23H21N3O2. The Kier molecular flexibility index (Phi) is 5.06. The molecule has 3 aromatic carbocycles. The van der Waals surface area contributed by atoms with Crippen molar-refractivity contribution in [1.29, 1.82) is 0 Å². The molecule has 1 amide bonds. The van der Waals surface area contributed by atoms with Gasteiger partial charge >= 0.3 is 0 Å². The Morgan fingerprint density at radius 1 is 1.00 bits per heavy atom. The molecular weight excluding hydrogens is 350 g/mol. The summed E-state index contributed by atoms with van der Waals surface area (Å²) in [5.41, 5.74) is 1.67. The van der Waals surface area contributed by atoms with Crippen molar-refractivity contribution >= 4 is 22.5 Å². The minimum atomic E-state index is -0.237. The highest BCUT2D eigenvalue weighted by atomic mass is 16.5. The predicted octanol–water partition coefficient (Wildman–Crippen LogP) is 4.74. The summed E-state index contributed by atoms with van der Waals surface area (Å²) in [5.74, 6) is 0.841. The standard InChI is InChI=1S/C23H21N3O2/c1-2-28-21-13-6-5-12-20(21)23(27)24-22-14-15-26(25-22)16-18-10-7-9-17-8-3-4-11-19(17)18/h3-15H,2,16H2,1H3,(H,24,25,27). The minimum Gasteiger partial charge on any atom is -0.493 e. The summed E-state index contributed by atoms with van der Waals surface area (Å²) in [4.78, 5) is 12.6. The molecule has 0 radical (unpaired) electrons. The topological polar surface area (TPSA) is 56.1 Å². The van der Waals surface area contributed by atoms with E-state index in [4.69, 9.17) is 4.74 Å². The fourth-order valence-corrected chi connectivity index (χ4v) is 3.24. The summed E-state index contributed by atoms with van der Waals surface area (Å²) < 4.78 is 7.36. The van der Waals surface area contributed by atoms with E-state index in [1.54, 1.807) is 18.2 Å². The number of nitrogens with zero attached hydrogens (tertiary/aromatic N) is 2. The van der Waals surface area contributed by atoms with Crippen molar-refractivity contribution < 1.29 is 9.53 Å². The summed E-state index contributed by atoms with van der Waals surface area (Å²) in [6.45, 7) is 3.03. The zero-order valence-corrected chi connectivity index (χ0v) is 15.6. The van der Waals surface area contributed by atoms with Crippen molar-refractivity contribution in [3.05, 3.63) is 90.1 Å². The number of anilines is 1. The lowest BCUT2D eigenvalue weighted by molar-refractivity contribution is 0.102. The smallest absolute Gasteiger partial charge is 0.260 e. The van der Waals surface area contributed by atoms with Gasteiger partial charge in [-0.15, -0.1) is 0 Å². The van der Waals surface area contributed by atoms with Crippen LogP contribution in [0.5, 0.6) is 5.75 Å². The molecule has 4 aromatic rings. The Morgan fingerprint density at radius 2 is 1.79 bits per heavy atom. The van der Waals surface area contributed by atoms with E-state index in [1.165, 1.54) is 16.3 Å². The lowest BCUT2D eigenvalue weighted by atomic mass is 10.0. The SMILES string of the molecule is CCOc1ccccc1C(=O)Nc1ccn(Cc2cccc3ccccc23)n1. The Bertz CT molecular complexity index is 1110. The first-order valence-electron chi connectivity index (χ1n) is 9.28. The Labute approximate surface area is 163 Å². The number of ether oxygens (including phenoxy) is 1. The van der Waals surface area contributed by atoms with Gasteiger partial charge in [0, 0.05) is 12.3 Å². The Balaban J connectivity index is 1.51. The normalized spacial score (nSPS) is 10.8. The first-order chi connectivity index (χ1) is 13.7. The number of carbonyl (C=O) groups excluding carboxylic acids is 1. The number of hydrogen-bond donors (Lipinski definition) is 1. The fraction of sp³-hybridized carbons (Fsp3) is 0.130. The maximum atomic E-state index is 12.6. The molecule has 1 heterocycles. The molecule has 0 saturated carbocycles. The van der Waals surface area contributed by atoms with Crippen LogP contribution >= 0.6 is 0 Å². The first kappa shape index (κ1) is 17.8. The summed E-state index contributed by atoms with van der Waals surface area (Å²) >= 11 is 0. The number of carbonyl (C=O) groups is 1. The summed E-state index contributed by atoms with van der Waals surface area (Å²) in [6.07, 6.45) is 1.87. The van der Waals surface area contributed by atoms with Crippen LogP contribution in [0.1, 0.15) is 22.8 Å². The highest BCUT2D eigenvalue weighted by Crippen LogP contribution is 2.21. The van der Waals surface area contributed by atoms with Crippen LogP contribution in [0, 0.1) is 0 Å². The molecule has 0 saturated heterocycles. The molecule has 0 bridgehead atoms. The minimum absolute atomic E-state index is 0.237. The highest BCUT2D eigenvalue weighted by molar-refractivity contribution is 6.05. The van der Waals surface area contributed by atoms with Crippen LogP contribution in [0.15, 0.2) is 79.0 Å². The quantitative estimate of drug-likeness (QED) is 0.533. The monoisotopic (exact) mass is 371 g/mol. The third-order valence-electron chi connectivity index (χ3n) is 4.53. The fourth-order valence-electron chi connectivity index (χ4n) is 3.24. The molecule has 0 aliphatic carbocycles. The van der Waals surface area contributed by atoms with Gasteiger partial charge in [0.2, 0.25) is 0 Å². The molecule has 5 heteroatoms. The number of hydrogen-bond acceptors (Lipinski definition) is 3. The first-order valence-corrected chi connectivity index (χ1v) is 9.28. The van der Waals surface area contributed by atoms with Gasteiger partial charge in [-0.25, -0.2) is 0 Å². The van der Waals surface area contributed by atoms with Gasteiger partial charge in [0.25, 0.3) is 5.91 Å². The molecule has 0 atom stereocenters. The van der Waals surface area contributed by atoms with Crippen molar-refractivity contribution in [2.24, 2.45) is 0 Å². The number of amides is 1. The van der Waals surface area contributed by atoms with E-state index in [2.05, 4.69) is 40.7 Å². The maximum Gasteiger partial charge on any atom is 0.260 e. The summed E-state index contributed by atoms with van der Waals surface area (Å²) in [6, 6.07) is 23.5. The average Bonchev–Trinajstić information content (AvgIpc) is 3.16. The van der Waals surface area contributed by atoms with Crippen molar-refractivity contribution in [2.45, 2.75) is 13.5 Å². The number of benzene rings is 3. The van der Waals surface area contributed by atoms with Gasteiger partial charge < -0.3 is 10.1 Å². The molecule has 0 aliphatic rings. The zero-order valence-electron chi connectivity index (χ0n) is 15.6. The Morgan fingerprint density at radius 3 is 2.68 bits per heavy atom. The van der Waals surface area contributed by atoms with E-state index >= 15 is 0 Å². The van der Waals surface area contributed by atoms with E-state index in [9.17, 15) is 4.79 Å². The Hall–Kier alpha value is -3.60. The van der Waals surface area contributed by atoms with Crippen LogP contribution in [0.25, 0.3) is 10.8 Å². The van der Waals surface area contributed by atoms with Crippen LogP contribution < -0.4 is 10.1 Å². The molecule has 28 heavy (non-hydrogen) atoms. The number of fused-ring (bicyclic) bond motifs is 1. The predicted molar refractivity (Wildman–Crippen MR) is 111 cm³/mol. The third-order valence-corrected chi connectivity index (χ3v) is 4.53. The van der Waals surface area contributed by atoms with Crippen molar-refractivity contribution in [3.63, 3.8) is 0 Å². The van der Waals surface area contributed by atoms with Crippen molar-refractivity contribution in [2.75, 3.05) is 11.9 Å². The second kappa shape index (κ2) is 7.96. The van der Waals surface area contributed by atoms with Gasteiger partial charge in [-0.1, -0.05) is 54.6 Å². The summed E-state index contributed by atoms with van der Waals surface area (Å²) in [5, 5.41) is 9.75. The van der Waals surface area contributed by atoms with Gasteiger partial charge in [0.15, 0.2) is 5.82 Å². The molecule has 0 fully saturated rings. The lowest BCUT2D eigenvalue weighted by Crippen LogP contribution is -2.14. The molecule has 0 spiro atoms. The number of para-hydroxylation sites is 1. The van der Waals surface area contributed by atoms with Crippen LogP contribution in [0.4, 0.5) is 5.82 Å². The highest BCUT2D eigenvalue weighted by Gasteiger charge is 2.13. The van der Waals surface area contributed by atoms with Gasteiger partial charge in [-0.2, -0.15) is 5.10 Å². The average molecular weight is 371 g/mol. The largest absolute Gasteiger partial charge is 0.493 e. The second-order valence-corrected chi connectivity index (χ2v) is 6.42. The number of rotatable bonds is 6. The maximum absolute atomic E-state index is 12.6. The lowest BCUT2D eigenvalue weighted by Gasteiger charge is -2.09. The van der Waals surface area contributed by atoms with Crippen LogP contribution in [0.2, 0.25) is 0 Å². The van der Waals surface area contributed by atoms with Gasteiger partial charge in [0.1, 0.15) is 5.75 Å². The second-order valence-electron chi connectivity index (χ2n) is 6.42. The van der Waals surface area contributed by atoms with E-state index in [1.807, 2.05) is 42.1 Å². The van der Waals surface area contributed by atoms with Crippen LogP contribution in [-0.4, -0.2) is 22.3 Å². The van der Waals surface area contributed by atoms with E-state index < -0.39 is 0 Å². The number of nitrogens with one attached hydrogen (secondary N) is 1. The molecule has 0 aliphatic heterocycles. The van der Waals surface area contributed by atoms with Crippen molar-refractivity contribution in [3.8, 4) is 5.75 Å². The third kappa shape index (κ3) is 3.74. The van der Waals surface area contributed by atoms with Gasteiger partial charge in [0.05, 0.1) is 18.7 Å². The van der Waals surface area contributed by atoms with Gasteiger partial charge in [-0.3, -0.25) is 9.48 Å². The van der Waals surface area contributed by atoms with E-state index in [-0.39, 0.29) is 5.91 Å².